The highest BCUT2D eigenvalue weighted by Crippen LogP contribution is 2.34. The van der Waals surface area contributed by atoms with Crippen LogP contribution in [0.3, 0.4) is 0 Å². The van der Waals surface area contributed by atoms with Crippen LogP contribution in [-0.4, -0.2) is 47.0 Å². The molecule has 3 aliphatic heterocycles. The Hall–Kier alpha value is -2.02. The van der Waals surface area contributed by atoms with E-state index in [0.717, 1.165) is 41.2 Å². The van der Waals surface area contributed by atoms with Crippen LogP contribution >= 0.6 is 15.9 Å². The van der Waals surface area contributed by atoms with Crippen molar-refractivity contribution in [1.82, 2.24) is 20.4 Å². The number of nitrogens with zero attached hydrogens (tertiary/aromatic N) is 3. The van der Waals surface area contributed by atoms with Gasteiger partial charge in [0.2, 0.25) is 0 Å². The maximum Gasteiger partial charge on any atom is 0.327 e. The van der Waals surface area contributed by atoms with Crippen LogP contribution in [-0.2, 0) is 6.42 Å². The van der Waals surface area contributed by atoms with Gasteiger partial charge in [-0.2, -0.15) is 0 Å². The van der Waals surface area contributed by atoms with Crippen LogP contribution in [0.5, 0.6) is 0 Å². The molecule has 4 aliphatic rings. The van der Waals surface area contributed by atoms with Gasteiger partial charge in [-0.3, -0.25) is 9.80 Å². The molecular weight excluding hydrogens is 442 g/mol. The summed E-state index contributed by atoms with van der Waals surface area (Å²) in [7, 11) is 0. The largest absolute Gasteiger partial charge is 0.365 e. The van der Waals surface area contributed by atoms with Crippen LogP contribution < -0.4 is 10.6 Å². The van der Waals surface area contributed by atoms with Gasteiger partial charge in [0.25, 0.3) is 0 Å². The topological polar surface area (TPSA) is 60.0 Å². The van der Waals surface area contributed by atoms with E-state index in [1.807, 2.05) is 9.80 Å². The van der Waals surface area contributed by atoms with Crippen molar-refractivity contribution < 1.29 is 4.79 Å². The Kier molecular flexibility index (Phi) is 5.48. The van der Waals surface area contributed by atoms with E-state index < -0.39 is 0 Å². The third-order valence-corrected chi connectivity index (χ3v) is 7.20. The molecule has 1 aromatic carbocycles. The third kappa shape index (κ3) is 3.61. The summed E-state index contributed by atoms with van der Waals surface area (Å²) in [6.07, 6.45) is 7.91. The number of rotatable bonds is 5. The van der Waals surface area contributed by atoms with Crippen LogP contribution in [0.4, 0.5) is 4.79 Å². The summed E-state index contributed by atoms with van der Waals surface area (Å²) in [6.45, 7) is 3.55. The Labute approximate surface area is 186 Å². The van der Waals surface area contributed by atoms with Crippen molar-refractivity contribution in [2.24, 2.45) is 10.9 Å². The van der Waals surface area contributed by atoms with Crippen LogP contribution in [0.25, 0.3) is 0 Å². The maximum atomic E-state index is 13.3. The van der Waals surface area contributed by atoms with Crippen molar-refractivity contribution in [2.45, 2.75) is 64.1 Å². The van der Waals surface area contributed by atoms with Crippen molar-refractivity contribution in [3.63, 3.8) is 0 Å². The first kappa shape index (κ1) is 19.9. The van der Waals surface area contributed by atoms with E-state index in [1.165, 1.54) is 37.7 Å². The molecule has 1 saturated heterocycles. The van der Waals surface area contributed by atoms with E-state index in [1.54, 1.807) is 0 Å². The Balaban J connectivity index is 1.40. The summed E-state index contributed by atoms with van der Waals surface area (Å²) >= 11 is 3.50. The minimum Gasteiger partial charge on any atom is -0.365 e. The summed E-state index contributed by atoms with van der Waals surface area (Å²) in [5, 5.41) is 7.31. The highest BCUT2D eigenvalue weighted by atomic mass is 79.9. The minimum atomic E-state index is -0.195. The molecule has 0 spiro atoms. The first-order valence-corrected chi connectivity index (χ1v) is 12.1. The number of hydrogen-bond acceptors (Lipinski definition) is 4. The van der Waals surface area contributed by atoms with E-state index in [4.69, 9.17) is 4.99 Å². The molecule has 2 unspecified atom stereocenters. The summed E-state index contributed by atoms with van der Waals surface area (Å²) in [5.74, 6) is 2.54. The normalized spacial score (nSPS) is 26.3. The van der Waals surface area contributed by atoms with Crippen molar-refractivity contribution >= 4 is 27.8 Å². The Morgan fingerprint density at radius 1 is 1.17 bits per heavy atom. The second kappa shape index (κ2) is 8.25. The standard InChI is InChI=1S/C23H30BrN5O/c1-2-12-28-22-19(26-20(27-22)16-6-4-3-5-7-16)21-25-18(14-29(21)23(28)30)13-15-8-10-17(24)11-9-15/h8-11,16,18,22,25H,2-7,12-14H2,1H3,(H,26,27). The molecule has 2 N–H and O–H groups in total. The number of halogens is 1. The molecule has 30 heavy (non-hydrogen) atoms. The number of carbonyl (C=O) groups excluding carboxylic acids is 1. The molecule has 1 aromatic rings. The maximum absolute atomic E-state index is 13.3. The zero-order chi connectivity index (χ0) is 20.7. The van der Waals surface area contributed by atoms with Gasteiger partial charge in [0.05, 0.1) is 0 Å². The molecule has 3 heterocycles. The molecule has 2 fully saturated rings. The Morgan fingerprint density at radius 2 is 1.93 bits per heavy atom. The van der Waals surface area contributed by atoms with Crippen LogP contribution in [0.2, 0.25) is 0 Å². The average molecular weight is 472 g/mol. The van der Waals surface area contributed by atoms with E-state index in [-0.39, 0.29) is 18.2 Å². The summed E-state index contributed by atoms with van der Waals surface area (Å²) < 4.78 is 1.09. The molecule has 2 amide bonds. The zero-order valence-corrected chi connectivity index (χ0v) is 19.1. The number of hydrogen-bond donors (Lipinski definition) is 2. The fourth-order valence-corrected chi connectivity index (χ4v) is 5.45. The Bertz CT molecular complexity index is 874. The molecule has 0 aromatic heterocycles. The first-order chi connectivity index (χ1) is 14.6. The number of amides is 2. The van der Waals surface area contributed by atoms with Gasteiger partial charge in [0.15, 0.2) is 6.17 Å². The first-order valence-electron chi connectivity index (χ1n) is 11.3. The minimum absolute atomic E-state index is 0.0850. The predicted octanol–water partition coefficient (Wildman–Crippen LogP) is 4.19. The molecule has 6 nitrogen and oxygen atoms in total. The fourth-order valence-electron chi connectivity index (χ4n) is 5.19. The molecule has 0 radical (unpaired) electrons. The van der Waals surface area contributed by atoms with Gasteiger partial charge in [-0.15, -0.1) is 0 Å². The second-order valence-corrected chi connectivity index (χ2v) is 9.78. The third-order valence-electron chi connectivity index (χ3n) is 6.67. The monoisotopic (exact) mass is 471 g/mol. The van der Waals surface area contributed by atoms with Crippen molar-refractivity contribution in [2.75, 3.05) is 13.1 Å². The molecule has 5 rings (SSSR count). The number of benzene rings is 1. The van der Waals surface area contributed by atoms with Gasteiger partial charge in [-0.1, -0.05) is 54.2 Å². The summed E-state index contributed by atoms with van der Waals surface area (Å²) in [5.41, 5.74) is 2.34. The molecule has 2 atom stereocenters. The molecular formula is C23H30BrN5O. The number of aliphatic imine (C=N–C) groups is 1. The Morgan fingerprint density at radius 3 is 2.67 bits per heavy atom. The lowest BCUT2D eigenvalue weighted by molar-refractivity contribution is 0.146. The summed E-state index contributed by atoms with van der Waals surface area (Å²) in [6, 6.07) is 8.74. The molecule has 1 saturated carbocycles. The van der Waals surface area contributed by atoms with Gasteiger partial charge in [-0.25, -0.2) is 9.79 Å². The fraction of sp³-hybridized carbons (Fsp3) is 0.565. The molecule has 1 aliphatic carbocycles. The van der Waals surface area contributed by atoms with E-state index >= 15 is 0 Å². The average Bonchev–Trinajstić information content (AvgIpc) is 3.38. The number of fused-ring (bicyclic) bond motifs is 2. The van der Waals surface area contributed by atoms with Crippen LogP contribution in [0.1, 0.15) is 51.0 Å². The van der Waals surface area contributed by atoms with Crippen molar-refractivity contribution in [3.05, 3.63) is 45.8 Å². The molecule has 0 bridgehead atoms. The van der Waals surface area contributed by atoms with Crippen LogP contribution in [0.15, 0.2) is 45.2 Å². The van der Waals surface area contributed by atoms with Gasteiger partial charge in [-0.05, 0) is 43.4 Å². The lowest BCUT2D eigenvalue weighted by Crippen LogP contribution is -2.53. The molecule has 160 valence electrons. The van der Waals surface area contributed by atoms with Gasteiger partial charge >= 0.3 is 6.03 Å². The highest BCUT2D eigenvalue weighted by molar-refractivity contribution is 9.10. The molecule has 7 heteroatoms. The SMILES string of the molecule is CCCN1C(=O)N2CC(Cc3ccc(Br)cc3)NC2=C2NC(C3CCCCC3)=NC21. The summed E-state index contributed by atoms with van der Waals surface area (Å²) in [4.78, 5) is 22.3. The van der Waals surface area contributed by atoms with Gasteiger partial charge in [0, 0.05) is 29.5 Å². The predicted molar refractivity (Wildman–Crippen MR) is 122 cm³/mol. The van der Waals surface area contributed by atoms with Crippen molar-refractivity contribution in [3.8, 4) is 0 Å². The number of carbonyl (C=O) groups is 1. The van der Waals surface area contributed by atoms with E-state index in [9.17, 15) is 4.79 Å². The van der Waals surface area contributed by atoms with Crippen LogP contribution in [0, 0.1) is 5.92 Å². The number of urea groups is 1. The van der Waals surface area contributed by atoms with Gasteiger partial charge in [0.1, 0.15) is 17.4 Å². The van der Waals surface area contributed by atoms with Gasteiger partial charge < -0.3 is 10.6 Å². The quantitative estimate of drug-likeness (QED) is 0.676. The van der Waals surface area contributed by atoms with E-state index in [0.29, 0.717) is 12.5 Å². The lowest BCUT2D eigenvalue weighted by Gasteiger charge is -2.36. The number of nitrogens with one attached hydrogen (secondary N) is 2. The van der Waals surface area contributed by atoms with Crippen molar-refractivity contribution in [1.29, 1.82) is 0 Å². The second-order valence-electron chi connectivity index (χ2n) is 8.87. The number of amidine groups is 1. The smallest absolute Gasteiger partial charge is 0.327 e. The van der Waals surface area contributed by atoms with E-state index in [2.05, 4.69) is 57.8 Å². The highest BCUT2D eigenvalue weighted by Gasteiger charge is 2.47. The zero-order valence-electron chi connectivity index (χ0n) is 17.5. The lowest BCUT2D eigenvalue weighted by atomic mass is 9.88.